The lowest BCUT2D eigenvalue weighted by atomic mass is 10.1. The van der Waals surface area contributed by atoms with Crippen LogP contribution in [0.15, 0.2) is 22.8 Å². The third-order valence-corrected chi connectivity index (χ3v) is 2.59. The highest BCUT2D eigenvalue weighted by atomic mass is 16.5. The van der Waals surface area contributed by atoms with Crippen molar-refractivity contribution in [3.05, 3.63) is 24.2 Å². The van der Waals surface area contributed by atoms with Gasteiger partial charge in [0.05, 0.1) is 12.4 Å². The number of rotatable bonds is 3. The number of piperidine rings is 1. The largest absolute Gasteiger partial charge is 0.467 e. The minimum absolute atomic E-state index is 0.0647. The van der Waals surface area contributed by atoms with Gasteiger partial charge in [0.2, 0.25) is 0 Å². The summed E-state index contributed by atoms with van der Waals surface area (Å²) in [5, 5.41) is 3.33. The zero-order valence-corrected chi connectivity index (χ0v) is 8.53. The van der Waals surface area contributed by atoms with E-state index in [2.05, 4.69) is 5.32 Å². The molecule has 1 aromatic heterocycles. The first-order valence-corrected chi connectivity index (χ1v) is 5.26. The normalized spacial score (nSPS) is 24.8. The lowest BCUT2D eigenvalue weighted by molar-refractivity contribution is -0.0245. The molecule has 78 valence electrons. The van der Waals surface area contributed by atoms with Gasteiger partial charge in [-0.3, -0.25) is 0 Å². The summed E-state index contributed by atoms with van der Waals surface area (Å²) >= 11 is 0. The van der Waals surface area contributed by atoms with Crippen LogP contribution in [-0.2, 0) is 4.74 Å². The van der Waals surface area contributed by atoms with E-state index in [0.717, 1.165) is 25.3 Å². The molecule has 3 heteroatoms. The molecule has 3 nitrogen and oxygen atoms in total. The Kier molecular flexibility index (Phi) is 3.22. The highest BCUT2D eigenvalue weighted by molar-refractivity contribution is 5.01. The number of hydrogen-bond donors (Lipinski definition) is 1. The van der Waals surface area contributed by atoms with Crippen LogP contribution in [0, 0.1) is 0 Å². The fourth-order valence-corrected chi connectivity index (χ4v) is 1.81. The Hall–Kier alpha value is -0.800. The molecule has 2 heterocycles. The van der Waals surface area contributed by atoms with Crippen molar-refractivity contribution in [1.29, 1.82) is 0 Å². The quantitative estimate of drug-likeness (QED) is 0.802. The van der Waals surface area contributed by atoms with Crippen molar-refractivity contribution in [3.63, 3.8) is 0 Å². The fraction of sp³-hybridized carbons (Fsp3) is 0.636. The molecule has 1 aliphatic heterocycles. The second-order valence-corrected chi connectivity index (χ2v) is 3.76. The van der Waals surface area contributed by atoms with Gasteiger partial charge >= 0.3 is 0 Å². The van der Waals surface area contributed by atoms with Crippen molar-refractivity contribution < 1.29 is 9.15 Å². The molecule has 1 fully saturated rings. The molecule has 14 heavy (non-hydrogen) atoms. The maximum atomic E-state index is 5.88. The predicted molar refractivity (Wildman–Crippen MR) is 54.1 cm³/mol. The second kappa shape index (κ2) is 4.62. The monoisotopic (exact) mass is 195 g/mol. The minimum atomic E-state index is 0.0647. The third kappa shape index (κ3) is 2.36. The van der Waals surface area contributed by atoms with E-state index in [4.69, 9.17) is 9.15 Å². The first-order chi connectivity index (χ1) is 6.86. The average molecular weight is 195 g/mol. The van der Waals surface area contributed by atoms with Crippen LogP contribution in [0.4, 0.5) is 0 Å². The Morgan fingerprint density at radius 3 is 3.21 bits per heavy atom. The highest BCUT2D eigenvalue weighted by Crippen LogP contribution is 2.20. The molecule has 0 aliphatic carbocycles. The van der Waals surface area contributed by atoms with Crippen LogP contribution in [0.2, 0.25) is 0 Å². The molecular formula is C11H17NO2. The van der Waals surface area contributed by atoms with Crippen LogP contribution in [0.5, 0.6) is 0 Å². The van der Waals surface area contributed by atoms with Crippen molar-refractivity contribution in [1.82, 2.24) is 5.32 Å². The molecule has 0 bridgehead atoms. The summed E-state index contributed by atoms with van der Waals surface area (Å²) in [4.78, 5) is 0. The van der Waals surface area contributed by atoms with Crippen molar-refractivity contribution in [3.8, 4) is 0 Å². The minimum Gasteiger partial charge on any atom is -0.467 e. The maximum Gasteiger partial charge on any atom is 0.132 e. The molecule has 1 saturated heterocycles. The topological polar surface area (TPSA) is 34.4 Å². The number of nitrogens with one attached hydrogen (secondary N) is 1. The molecular weight excluding hydrogens is 178 g/mol. The number of ether oxygens (including phenoxy) is 1. The van der Waals surface area contributed by atoms with Crippen molar-refractivity contribution in [2.24, 2.45) is 0 Å². The van der Waals surface area contributed by atoms with Crippen LogP contribution < -0.4 is 5.32 Å². The van der Waals surface area contributed by atoms with Crippen molar-refractivity contribution in [2.75, 3.05) is 13.1 Å². The van der Waals surface area contributed by atoms with Gasteiger partial charge in [-0.15, -0.1) is 0 Å². The Balaban J connectivity index is 1.84. The molecule has 2 rings (SSSR count). The molecule has 0 unspecified atom stereocenters. The zero-order chi connectivity index (χ0) is 9.80. The molecule has 0 aromatic carbocycles. The van der Waals surface area contributed by atoms with Crippen LogP contribution in [0.3, 0.4) is 0 Å². The van der Waals surface area contributed by atoms with Gasteiger partial charge in [0, 0.05) is 6.54 Å². The molecule has 0 saturated carbocycles. The van der Waals surface area contributed by atoms with Gasteiger partial charge in [-0.05, 0) is 38.4 Å². The number of furan rings is 1. The SMILES string of the molecule is C[C@H](O[C@@H]1CCCNC1)c1ccco1. The lowest BCUT2D eigenvalue weighted by Gasteiger charge is -2.25. The summed E-state index contributed by atoms with van der Waals surface area (Å²) in [5.41, 5.74) is 0. The smallest absolute Gasteiger partial charge is 0.132 e. The first-order valence-electron chi connectivity index (χ1n) is 5.26. The summed E-state index contributed by atoms with van der Waals surface area (Å²) in [6, 6.07) is 3.86. The van der Waals surface area contributed by atoms with E-state index in [0.29, 0.717) is 6.10 Å². The Morgan fingerprint density at radius 1 is 1.64 bits per heavy atom. The standard InChI is InChI=1S/C11H17NO2/c1-9(11-5-3-7-13-11)14-10-4-2-6-12-8-10/h3,5,7,9-10,12H,2,4,6,8H2,1H3/t9-,10+/m0/s1. The van der Waals surface area contributed by atoms with Gasteiger partial charge in [-0.25, -0.2) is 0 Å². The van der Waals surface area contributed by atoms with Gasteiger partial charge in [-0.2, -0.15) is 0 Å². The summed E-state index contributed by atoms with van der Waals surface area (Å²) in [7, 11) is 0. The van der Waals surface area contributed by atoms with Crippen molar-refractivity contribution in [2.45, 2.75) is 32.0 Å². The molecule has 0 amide bonds. The van der Waals surface area contributed by atoms with Gasteiger partial charge in [0.25, 0.3) is 0 Å². The summed E-state index contributed by atoms with van der Waals surface area (Å²) < 4.78 is 11.2. The number of hydrogen-bond acceptors (Lipinski definition) is 3. The van der Waals surface area contributed by atoms with E-state index < -0.39 is 0 Å². The molecule has 0 spiro atoms. The summed E-state index contributed by atoms with van der Waals surface area (Å²) in [6.45, 7) is 4.12. The maximum absolute atomic E-state index is 5.88. The van der Waals surface area contributed by atoms with Crippen LogP contribution >= 0.6 is 0 Å². The molecule has 2 atom stereocenters. The highest BCUT2D eigenvalue weighted by Gasteiger charge is 2.18. The Bertz CT molecular complexity index is 252. The van der Waals surface area contributed by atoms with E-state index in [1.807, 2.05) is 19.1 Å². The van der Waals surface area contributed by atoms with Gasteiger partial charge in [-0.1, -0.05) is 0 Å². The van der Waals surface area contributed by atoms with Gasteiger partial charge in [0.15, 0.2) is 0 Å². The van der Waals surface area contributed by atoms with Crippen LogP contribution in [-0.4, -0.2) is 19.2 Å². The third-order valence-electron chi connectivity index (χ3n) is 2.59. The van der Waals surface area contributed by atoms with Crippen molar-refractivity contribution >= 4 is 0 Å². The van der Waals surface area contributed by atoms with Gasteiger partial charge in [0.1, 0.15) is 11.9 Å². The van der Waals surface area contributed by atoms with E-state index in [9.17, 15) is 0 Å². The summed E-state index contributed by atoms with van der Waals surface area (Å²) in [6.07, 6.45) is 4.45. The molecule has 0 radical (unpaired) electrons. The zero-order valence-electron chi connectivity index (χ0n) is 8.53. The molecule has 1 aliphatic rings. The van der Waals surface area contributed by atoms with Crippen LogP contribution in [0.1, 0.15) is 31.6 Å². The van der Waals surface area contributed by atoms with Crippen LogP contribution in [0.25, 0.3) is 0 Å². The van der Waals surface area contributed by atoms with E-state index in [1.165, 1.54) is 6.42 Å². The van der Waals surface area contributed by atoms with Gasteiger partial charge < -0.3 is 14.5 Å². The summed E-state index contributed by atoms with van der Waals surface area (Å²) in [5.74, 6) is 0.913. The second-order valence-electron chi connectivity index (χ2n) is 3.76. The lowest BCUT2D eigenvalue weighted by Crippen LogP contribution is -2.35. The van der Waals surface area contributed by atoms with E-state index in [-0.39, 0.29) is 6.10 Å². The first kappa shape index (κ1) is 9.74. The average Bonchev–Trinajstić information content (AvgIpc) is 2.72. The van der Waals surface area contributed by atoms with E-state index in [1.54, 1.807) is 6.26 Å². The molecule has 1 N–H and O–H groups in total. The molecule has 1 aromatic rings. The Labute approximate surface area is 84.4 Å². The fourth-order valence-electron chi connectivity index (χ4n) is 1.81. The van der Waals surface area contributed by atoms with E-state index >= 15 is 0 Å². The predicted octanol–water partition coefficient (Wildman–Crippen LogP) is 2.11. The Morgan fingerprint density at radius 2 is 2.57 bits per heavy atom.